The van der Waals surface area contributed by atoms with Crippen LogP contribution in [0, 0.1) is 5.92 Å². The van der Waals surface area contributed by atoms with Gasteiger partial charge in [0.05, 0.1) is 17.3 Å². The first kappa shape index (κ1) is 14.4. The van der Waals surface area contributed by atoms with Crippen LogP contribution < -0.4 is 11.3 Å². The molecule has 0 amide bonds. The van der Waals surface area contributed by atoms with Crippen LogP contribution in [-0.2, 0) is 0 Å². The van der Waals surface area contributed by atoms with Gasteiger partial charge in [0.2, 0.25) is 0 Å². The molecule has 1 heterocycles. The molecule has 0 aliphatic rings. The van der Waals surface area contributed by atoms with Gasteiger partial charge in [-0.3, -0.25) is 11.3 Å². The fourth-order valence-electron chi connectivity index (χ4n) is 2.18. The van der Waals surface area contributed by atoms with E-state index >= 15 is 0 Å². The van der Waals surface area contributed by atoms with Crippen LogP contribution in [0.2, 0.25) is 0 Å². The molecule has 3 N–H and O–H groups in total. The van der Waals surface area contributed by atoms with E-state index in [9.17, 15) is 0 Å². The molecule has 0 aliphatic heterocycles. The smallest absolute Gasteiger partial charge is 0.0736 e. The van der Waals surface area contributed by atoms with Crippen LogP contribution in [0.3, 0.4) is 0 Å². The Bertz CT molecular complexity index is 556. The highest BCUT2D eigenvalue weighted by atomic mass is 79.9. The molecule has 0 bridgehead atoms. The van der Waals surface area contributed by atoms with Crippen molar-refractivity contribution >= 4 is 26.8 Å². The lowest BCUT2D eigenvalue weighted by Crippen LogP contribution is -2.30. The number of fused-ring (bicyclic) bond motifs is 1. The molecular weight excluding hydrogens is 302 g/mol. The minimum atomic E-state index is 0.0777. The highest BCUT2D eigenvalue weighted by Gasteiger charge is 2.18. The molecule has 19 heavy (non-hydrogen) atoms. The first-order chi connectivity index (χ1) is 9.15. The second kappa shape index (κ2) is 6.46. The van der Waals surface area contributed by atoms with Gasteiger partial charge < -0.3 is 0 Å². The van der Waals surface area contributed by atoms with E-state index in [2.05, 4.69) is 47.3 Å². The molecule has 2 rings (SSSR count). The summed E-state index contributed by atoms with van der Waals surface area (Å²) in [6.45, 7) is 4.43. The van der Waals surface area contributed by atoms with E-state index in [4.69, 9.17) is 10.8 Å². The number of hydrogen-bond acceptors (Lipinski definition) is 3. The molecule has 102 valence electrons. The van der Waals surface area contributed by atoms with Gasteiger partial charge in [-0.05, 0) is 40.4 Å². The van der Waals surface area contributed by atoms with E-state index in [1.165, 1.54) is 0 Å². The van der Waals surface area contributed by atoms with Crippen molar-refractivity contribution in [1.82, 2.24) is 10.4 Å². The van der Waals surface area contributed by atoms with E-state index in [-0.39, 0.29) is 6.04 Å². The van der Waals surface area contributed by atoms with Gasteiger partial charge in [0.25, 0.3) is 0 Å². The predicted octanol–water partition coefficient (Wildman–Crippen LogP) is 3.94. The van der Waals surface area contributed by atoms with Gasteiger partial charge in [-0.1, -0.05) is 38.5 Å². The van der Waals surface area contributed by atoms with Crippen LogP contribution in [0.15, 0.2) is 34.8 Å². The molecule has 0 spiro atoms. The number of rotatable bonds is 5. The molecule has 1 aromatic heterocycles. The Hall–Kier alpha value is -0.970. The zero-order valence-corrected chi connectivity index (χ0v) is 12.9. The third-order valence-electron chi connectivity index (χ3n) is 3.57. The number of para-hydroxylation sites is 1. The van der Waals surface area contributed by atoms with Gasteiger partial charge in [-0.15, -0.1) is 0 Å². The highest BCUT2D eigenvalue weighted by molar-refractivity contribution is 9.10. The molecule has 0 saturated heterocycles. The van der Waals surface area contributed by atoms with Crippen molar-refractivity contribution in [3.63, 3.8) is 0 Å². The number of nitrogens with one attached hydrogen (secondary N) is 1. The zero-order chi connectivity index (χ0) is 13.8. The van der Waals surface area contributed by atoms with Crippen LogP contribution in [0.5, 0.6) is 0 Å². The molecule has 0 fully saturated rings. The van der Waals surface area contributed by atoms with E-state index in [1.807, 2.05) is 18.2 Å². The van der Waals surface area contributed by atoms with Crippen molar-refractivity contribution in [3.8, 4) is 0 Å². The largest absolute Gasteiger partial charge is 0.271 e. The van der Waals surface area contributed by atoms with Crippen molar-refractivity contribution in [2.75, 3.05) is 0 Å². The van der Waals surface area contributed by atoms with Crippen molar-refractivity contribution < 1.29 is 0 Å². The minimum absolute atomic E-state index is 0.0777. The standard InChI is InChI=1S/C15H20BrN3/c1-3-10(2)8-14(19-17)15-12(16)9-11-6-4-5-7-13(11)18-15/h4-7,9-10,14,19H,3,8,17H2,1-2H3. The van der Waals surface area contributed by atoms with Gasteiger partial charge in [0, 0.05) is 9.86 Å². The summed E-state index contributed by atoms with van der Waals surface area (Å²) in [5.41, 5.74) is 4.89. The maximum atomic E-state index is 5.71. The summed E-state index contributed by atoms with van der Waals surface area (Å²) < 4.78 is 1.01. The Morgan fingerprint density at radius 1 is 1.37 bits per heavy atom. The van der Waals surface area contributed by atoms with Gasteiger partial charge in [-0.25, -0.2) is 4.98 Å². The number of hydrogen-bond donors (Lipinski definition) is 2. The Balaban J connectivity index is 2.39. The van der Waals surface area contributed by atoms with Gasteiger partial charge in [0.15, 0.2) is 0 Å². The maximum absolute atomic E-state index is 5.71. The minimum Gasteiger partial charge on any atom is -0.271 e. The summed E-state index contributed by atoms with van der Waals surface area (Å²) in [5, 5.41) is 1.14. The summed E-state index contributed by atoms with van der Waals surface area (Å²) in [6, 6.07) is 10.3. The normalized spacial score (nSPS) is 14.5. The molecule has 4 heteroatoms. The SMILES string of the molecule is CCC(C)CC(NN)c1nc2ccccc2cc1Br. The fourth-order valence-corrected chi connectivity index (χ4v) is 2.79. The number of nitrogens with two attached hydrogens (primary N) is 1. The third kappa shape index (κ3) is 3.32. The molecule has 0 radical (unpaired) electrons. The lowest BCUT2D eigenvalue weighted by molar-refractivity contribution is 0.401. The molecule has 2 aromatic rings. The molecular formula is C15H20BrN3. The van der Waals surface area contributed by atoms with Crippen molar-refractivity contribution in [2.24, 2.45) is 11.8 Å². The van der Waals surface area contributed by atoms with Gasteiger partial charge in [0.1, 0.15) is 0 Å². The number of hydrazine groups is 1. The average Bonchev–Trinajstić information content (AvgIpc) is 2.44. The topological polar surface area (TPSA) is 50.9 Å². The summed E-state index contributed by atoms with van der Waals surface area (Å²) >= 11 is 3.61. The third-order valence-corrected chi connectivity index (χ3v) is 4.21. The van der Waals surface area contributed by atoms with E-state index in [1.54, 1.807) is 0 Å². The first-order valence-corrected chi connectivity index (χ1v) is 7.46. The molecule has 0 aliphatic carbocycles. The van der Waals surface area contributed by atoms with Crippen LogP contribution in [0.25, 0.3) is 10.9 Å². The highest BCUT2D eigenvalue weighted by Crippen LogP contribution is 2.29. The number of pyridine rings is 1. The van der Waals surface area contributed by atoms with E-state index in [0.29, 0.717) is 5.92 Å². The number of benzene rings is 1. The molecule has 2 atom stereocenters. The first-order valence-electron chi connectivity index (χ1n) is 6.67. The number of nitrogens with zero attached hydrogens (tertiary/aromatic N) is 1. The van der Waals surface area contributed by atoms with Crippen LogP contribution in [0.4, 0.5) is 0 Å². The fraction of sp³-hybridized carbons (Fsp3) is 0.400. The summed E-state index contributed by atoms with van der Waals surface area (Å²) in [6.07, 6.45) is 2.13. The van der Waals surface area contributed by atoms with E-state index < -0.39 is 0 Å². The average molecular weight is 322 g/mol. The quantitative estimate of drug-likeness (QED) is 0.647. The van der Waals surface area contributed by atoms with Crippen LogP contribution in [0.1, 0.15) is 38.4 Å². The second-order valence-electron chi connectivity index (χ2n) is 5.02. The van der Waals surface area contributed by atoms with Crippen molar-refractivity contribution in [2.45, 2.75) is 32.7 Å². The van der Waals surface area contributed by atoms with Gasteiger partial charge in [-0.2, -0.15) is 0 Å². The summed E-state index contributed by atoms with van der Waals surface area (Å²) in [7, 11) is 0. The van der Waals surface area contributed by atoms with E-state index in [0.717, 1.165) is 33.9 Å². The lowest BCUT2D eigenvalue weighted by atomic mass is 9.97. The monoisotopic (exact) mass is 321 g/mol. The molecule has 3 nitrogen and oxygen atoms in total. The molecule has 0 saturated carbocycles. The zero-order valence-electron chi connectivity index (χ0n) is 11.4. The molecule has 2 unspecified atom stereocenters. The Morgan fingerprint density at radius 2 is 2.11 bits per heavy atom. The lowest BCUT2D eigenvalue weighted by Gasteiger charge is -2.20. The second-order valence-corrected chi connectivity index (χ2v) is 5.87. The summed E-state index contributed by atoms with van der Waals surface area (Å²) in [5.74, 6) is 6.32. The number of aromatic nitrogens is 1. The van der Waals surface area contributed by atoms with Crippen molar-refractivity contribution in [3.05, 3.63) is 40.5 Å². The Morgan fingerprint density at radius 3 is 2.79 bits per heavy atom. The molecule has 1 aromatic carbocycles. The van der Waals surface area contributed by atoms with Crippen LogP contribution >= 0.6 is 15.9 Å². The maximum Gasteiger partial charge on any atom is 0.0736 e. The number of halogens is 1. The predicted molar refractivity (Wildman–Crippen MR) is 83.6 cm³/mol. The Labute approximate surface area is 122 Å². The van der Waals surface area contributed by atoms with Crippen LogP contribution in [-0.4, -0.2) is 4.98 Å². The van der Waals surface area contributed by atoms with Gasteiger partial charge >= 0.3 is 0 Å². The summed E-state index contributed by atoms with van der Waals surface area (Å²) in [4.78, 5) is 4.74. The Kier molecular flexibility index (Phi) is 4.91. The van der Waals surface area contributed by atoms with Crippen molar-refractivity contribution in [1.29, 1.82) is 0 Å².